The number of hydrogen-bond donors (Lipinski definition) is 1. The number of rotatable bonds is 5. The van der Waals surface area contributed by atoms with E-state index >= 15 is 0 Å². The van der Waals surface area contributed by atoms with Crippen LogP contribution in [0.4, 0.5) is 4.39 Å². The molecule has 4 nitrogen and oxygen atoms in total. The minimum atomic E-state index is -1.29. The van der Waals surface area contributed by atoms with Gasteiger partial charge in [-0.2, -0.15) is 0 Å². The lowest BCUT2D eigenvalue weighted by molar-refractivity contribution is 0.0694. The first kappa shape index (κ1) is 15.2. The summed E-state index contributed by atoms with van der Waals surface area (Å²) in [6.07, 6.45) is 4.26. The van der Waals surface area contributed by atoms with Crippen LogP contribution in [0.25, 0.3) is 10.9 Å². The van der Waals surface area contributed by atoms with E-state index in [1.807, 2.05) is 6.92 Å². The molecule has 112 valence electrons. The van der Waals surface area contributed by atoms with Crippen molar-refractivity contribution in [2.24, 2.45) is 0 Å². The van der Waals surface area contributed by atoms with Gasteiger partial charge in [-0.1, -0.05) is 19.8 Å². The van der Waals surface area contributed by atoms with Gasteiger partial charge in [-0.3, -0.25) is 4.79 Å². The van der Waals surface area contributed by atoms with Gasteiger partial charge < -0.3 is 9.67 Å². The Morgan fingerprint density at radius 3 is 2.76 bits per heavy atom. The summed E-state index contributed by atoms with van der Waals surface area (Å²) in [6.45, 7) is 4.04. The molecule has 0 spiro atoms. The molecule has 1 aromatic heterocycles. The zero-order valence-electron chi connectivity index (χ0n) is 12.1. The fraction of sp³-hybridized carbons (Fsp3) is 0.375. The van der Waals surface area contributed by atoms with Crippen LogP contribution >= 0.6 is 0 Å². The molecule has 0 amide bonds. The summed E-state index contributed by atoms with van der Waals surface area (Å²) >= 11 is 0. The van der Waals surface area contributed by atoms with Gasteiger partial charge >= 0.3 is 5.97 Å². The molecule has 5 heteroatoms. The van der Waals surface area contributed by atoms with Crippen LogP contribution in [0.3, 0.4) is 0 Å². The highest BCUT2D eigenvalue weighted by molar-refractivity contribution is 5.92. The highest BCUT2D eigenvalue weighted by Gasteiger charge is 2.17. The molecular formula is C16H18FNO3. The standard InChI is InChI=1S/C16H18FNO3/c1-3-4-5-10(2)18-9-13(16(20)21)15(19)12-8-11(17)6-7-14(12)18/h6-10H,3-5H2,1-2H3,(H,20,21). The first-order valence-electron chi connectivity index (χ1n) is 7.03. The van der Waals surface area contributed by atoms with Crippen molar-refractivity contribution in [1.29, 1.82) is 0 Å². The SMILES string of the molecule is CCCCC(C)n1cc(C(=O)O)c(=O)c2cc(F)ccc21. The second-order valence-corrected chi connectivity index (χ2v) is 5.24. The molecule has 0 saturated carbocycles. The van der Waals surface area contributed by atoms with Crippen molar-refractivity contribution in [2.45, 2.75) is 39.2 Å². The second-order valence-electron chi connectivity index (χ2n) is 5.24. The van der Waals surface area contributed by atoms with Gasteiger partial charge in [0.05, 0.1) is 5.52 Å². The molecule has 0 aliphatic carbocycles. The summed E-state index contributed by atoms with van der Waals surface area (Å²) in [7, 11) is 0. The van der Waals surface area contributed by atoms with E-state index in [9.17, 15) is 14.0 Å². The second kappa shape index (κ2) is 6.08. The van der Waals surface area contributed by atoms with Crippen molar-refractivity contribution in [3.63, 3.8) is 0 Å². The number of pyridine rings is 1. The maximum atomic E-state index is 13.4. The summed E-state index contributed by atoms with van der Waals surface area (Å²) < 4.78 is 15.1. The number of benzene rings is 1. The smallest absolute Gasteiger partial charge is 0.341 e. The van der Waals surface area contributed by atoms with Crippen LogP contribution < -0.4 is 5.43 Å². The maximum Gasteiger partial charge on any atom is 0.341 e. The number of halogens is 1. The Balaban J connectivity index is 2.71. The molecule has 1 heterocycles. The van der Waals surface area contributed by atoms with Crippen molar-refractivity contribution in [1.82, 2.24) is 4.57 Å². The predicted molar refractivity (Wildman–Crippen MR) is 79.4 cm³/mol. The molecule has 21 heavy (non-hydrogen) atoms. The van der Waals surface area contributed by atoms with Crippen LogP contribution in [0.15, 0.2) is 29.2 Å². The van der Waals surface area contributed by atoms with Gasteiger partial charge in [0.2, 0.25) is 5.43 Å². The quantitative estimate of drug-likeness (QED) is 0.915. The van der Waals surface area contributed by atoms with E-state index in [1.54, 1.807) is 4.57 Å². The number of fused-ring (bicyclic) bond motifs is 1. The summed E-state index contributed by atoms with van der Waals surface area (Å²) in [4.78, 5) is 23.4. The molecule has 2 rings (SSSR count). The van der Waals surface area contributed by atoms with Crippen LogP contribution in [-0.4, -0.2) is 15.6 Å². The van der Waals surface area contributed by atoms with E-state index in [0.717, 1.165) is 25.3 Å². The third-order valence-corrected chi connectivity index (χ3v) is 3.67. The largest absolute Gasteiger partial charge is 0.477 e. The molecule has 1 unspecified atom stereocenters. The van der Waals surface area contributed by atoms with Gasteiger partial charge in [-0.25, -0.2) is 9.18 Å². The number of carbonyl (C=O) groups is 1. The van der Waals surface area contributed by atoms with E-state index in [0.29, 0.717) is 5.52 Å². The average Bonchev–Trinajstić information content (AvgIpc) is 2.45. The molecule has 1 aromatic carbocycles. The summed E-state index contributed by atoms with van der Waals surface area (Å²) in [5, 5.41) is 9.28. The Bertz CT molecular complexity index is 736. The molecule has 0 saturated heterocycles. The minimum Gasteiger partial charge on any atom is -0.477 e. The van der Waals surface area contributed by atoms with E-state index in [-0.39, 0.29) is 17.0 Å². The highest BCUT2D eigenvalue weighted by atomic mass is 19.1. The lowest BCUT2D eigenvalue weighted by Crippen LogP contribution is -2.20. The molecule has 1 atom stereocenters. The Hall–Kier alpha value is -2.17. The van der Waals surface area contributed by atoms with E-state index < -0.39 is 17.2 Å². The summed E-state index contributed by atoms with van der Waals surface area (Å²) in [5.74, 6) is -1.84. The number of carboxylic acids is 1. The van der Waals surface area contributed by atoms with Crippen LogP contribution in [0.5, 0.6) is 0 Å². The fourth-order valence-electron chi connectivity index (χ4n) is 2.48. The van der Waals surface area contributed by atoms with E-state index in [4.69, 9.17) is 5.11 Å². The lowest BCUT2D eigenvalue weighted by Gasteiger charge is -2.19. The van der Waals surface area contributed by atoms with Crippen molar-refractivity contribution in [2.75, 3.05) is 0 Å². The first-order valence-corrected chi connectivity index (χ1v) is 7.03. The Kier molecular flexibility index (Phi) is 4.40. The molecule has 0 aliphatic rings. The molecule has 0 fully saturated rings. The number of carboxylic acid groups (broad SMARTS) is 1. The number of nitrogens with zero attached hydrogens (tertiary/aromatic N) is 1. The molecule has 1 N–H and O–H groups in total. The summed E-state index contributed by atoms with van der Waals surface area (Å²) in [5.41, 5.74) is -0.401. The van der Waals surface area contributed by atoms with E-state index in [1.165, 1.54) is 18.3 Å². The lowest BCUT2D eigenvalue weighted by atomic mass is 10.1. The van der Waals surface area contributed by atoms with Crippen molar-refractivity contribution >= 4 is 16.9 Å². The Morgan fingerprint density at radius 2 is 2.14 bits per heavy atom. The van der Waals surface area contributed by atoms with Crippen molar-refractivity contribution in [3.8, 4) is 0 Å². The fourth-order valence-corrected chi connectivity index (χ4v) is 2.48. The monoisotopic (exact) mass is 291 g/mol. The van der Waals surface area contributed by atoms with Crippen LogP contribution in [0, 0.1) is 5.82 Å². The maximum absolute atomic E-state index is 13.4. The molecule has 0 bridgehead atoms. The zero-order chi connectivity index (χ0) is 15.6. The normalized spacial score (nSPS) is 12.5. The van der Waals surface area contributed by atoms with Crippen LogP contribution in [0.2, 0.25) is 0 Å². The highest BCUT2D eigenvalue weighted by Crippen LogP contribution is 2.21. The number of aromatic nitrogens is 1. The van der Waals surface area contributed by atoms with E-state index in [2.05, 4.69) is 6.92 Å². The molecular weight excluding hydrogens is 273 g/mol. The zero-order valence-corrected chi connectivity index (χ0v) is 12.1. The Morgan fingerprint density at radius 1 is 1.43 bits per heavy atom. The third kappa shape index (κ3) is 2.96. The van der Waals surface area contributed by atoms with Crippen molar-refractivity contribution < 1.29 is 14.3 Å². The van der Waals surface area contributed by atoms with Gasteiger partial charge in [-0.05, 0) is 31.5 Å². The number of hydrogen-bond acceptors (Lipinski definition) is 2. The van der Waals surface area contributed by atoms with Crippen molar-refractivity contribution in [3.05, 3.63) is 46.0 Å². The van der Waals surface area contributed by atoms with Gasteiger partial charge in [0.1, 0.15) is 11.4 Å². The predicted octanol–water partition coefficient (Wildman–Crippen LogP) is 3.59. The number of unbranched alkanes of at least 4 members (excludes halogenated alkanes) is 1. The minimum absolute atomic E-state index is 0.0385. The Labute approximate surface area is 121 Å². The number of aromatic carboxylic acids is 1. The molecule has 2 aromatic rings. The van der Waals surface area contributed by atoms with Gasteiger partial charge in [0.15, 0.2) is 0 Å². The topological polar surface area (TPSA) is 59.3 Å². The van der Waals surface area contributed by atoms with Gasteiger partial charge in [0.25, 0.3) is 0 Å². The average molecular weight is 291 g/mol. The van der Waals surface area contributed by atoms with Gasteiger partial charge in [0, 0.05) is 17.6 Å². The van der Waals surface area contributed by atoms with Crippen LogP contribution in [0.1, 0.15) is 49.5 Å². The van der Waals surface area contributed by atoms with Gasteiger partial charge in [-0.15, -0.1) is 0 Å². The molecule has 0 aliphatic heterocycles. The van der Waals surface area contributed by atoms with Crippen LogP contribution in [-0.2, 0) is 0 Å². The first-order chi connectivity index (χ1) is 9.95. The summed E-state index contributed by atoms with van der Waals surface area (Å²) in [6, 6.07) is 3.95. The third-order valence-electron chi connectivity index (χ3n) is 3.67. The molecule has 0 radical (unpaired) electrons.